The van der Waals surface area contributed by atoms with Gasteiger partial charge < -0.3 is 9.72 Å². The number of rotatable bonds is 5. The fraction of sp³-hybridized carbons (Fsp3) is 0.381. The van der Waals surface area contributed by atoms with Gasteiger partial charge in [0.25, 0.3) is 5.56 Å². The number of esters is 1. The molecule has 146 valence electrons. The lowest BCUT2D eigenvalue weighted by molar-refractivity contribution is -0.150. The van der Waals surface area contributed by atoms with Crippen molar-refractivity contribution in [1.29, 1.82) is 0 Å². The lowest BCUT2D eigenvalue weighted by atomic mass is 9.98. The summed E-state index contributed by atoms with van der Waals surface area (Å²) in [6, 6.07) is 11.9. The third kappa shape index (κ3) is 4.00. The zero-order valence-electron chi connectivity index (χ0n) is 15.8. The van der Waals surface area contributed by atoms with E-state index in [9.17, 15) is 9.59 Å². The molecular weight excluding hydrogens is 374 g/mol. The summed E-state index contributed by atoms with van der Waals surface area (Å²) in [5.74, 6) is 0.411. The van der Waals surface area contributed by atoms with E-state index in [1.807, 2.05) is 43.3 Å². The summed E-state index contributed by atoms with van der Waals surface area (Å²) in [4.78, 5) is 36.2. The van der Waals surface area contributed by atoms with E-state index < -0.39 is 0 Å². The molecule has 1 atom stereocenters. The Morgan fingerprint density at radius 2 is 2.18 bits per heavy atom. The summed E-state index contributed by atoms with van der Waals surface area (Å²) >= 11 is 1.53. The number of thiophene rings is 1. The van der Waals surface area contributed by atoms with E-state index in [1.165, 1.54) is 11.3 Å². The van der Waals surface area contributed by atoms with Gasteiger partial charge in [0, 0.05) is 11.4 Å². The molecule has 0 amide bonds. The van der Waals surface area contributed by atoms with Crippen molar-refractivity contribution in [3.63, 3.8) is 0 Å². The molecule has 1 aliphatic heterocycles. The Labute approximate surface area is 167 Å². The van der Waals surface area contributed by atoms with E-state index in [0.717, 1.165) is 34.7 Å². The molecule has 1 aliphatic rings. The van der Waals surface area contributed by atoms with Gasteiger partial charge >= 0.3 is 5.97 Å². The molecule has 2 aromatic heterocycles. The zero-order chi connectivity index (χ0) is 19.5. The van der Waals surface area contributed by atoms with Crippen LogP contribution in [-0.2, 0) is 16.1 Å². The van der Waals surface area contributed by atoms with Gasteiger partial charge in [-0.2, -0.15) is 0 Å². The molecule has 28 heavy (non-hydrogen) atoms. The SMILES string of the molecule is CCOC(=O)[C@H]1CCCN(Cc2nc3sc(-c4ccccc4)cc3c(=O)[nH]2)C1. The number of hydrogen-bond donors (Lipinski definition) is 1. The molecule has 0 aliphatic carbocycles. The van der Waals surface area contributed by atoms with Crippen LogP contribution in [0.4, 0.5) is 0 Å². The minimum atomic E-state index is -0.130. The van der Waals surface area contributed by atoms with Crippen LogP contribution in [0.3, 0.4) is 0 Å². The molecule has 7 heteroatoms. The van der Waals surface area contributed by atoms with Crippen molar-refractivity contribution in [2.75, 3.05) is 19.7 Å². The third-order valence-corrected chi connectivity index (χ3v) is 6.09. The highest BCUT2D eigenvalue weighted by Crippen LogP contribution is 2.30. The predicted molar refractivity (Wildman–Crippen MR) is 110 cm³/mol. The molecule has 1 N–H and O–H groups in total. The number of likely N-dealkylation sites (tertiary alicyclic amines) is 1. The first-order valence-electron chi connectivity index (χ1n) is 9.61. The molecule has 0 saturated carbocycles. The molecular formula is C21H23N3O3S. The largest absolute Gasteiger partial charge is 0.466 e. The fourth-order valence-electron chi connectivity index (χ4n) is 3.66. The molecule has 0 bridgehead atoms. The van der Waals surface area contributed by atoms with Crippen LogP contribution >= 0.6 is 11.3 Å². The quantitative estimate of drug-likeness (QED) is 0.668. The van der Waals surface area contributed by atoms with Gasteiger partial charge in [-0.15, -0.1) is 11.3 Å². The van der Waals surface area contributed by atoms with E-state index in [1.54, 1.807) is 0 Å². The number of nitrogens with one attached hydrogen (secondary N) is 1. The van der Waals surface area contributed by atoms with Crippen molar-refractivity contribution < 1.29 is 9.53 Å². The first-order valence-corrected chi connectivity index (χ1v) is 10.4. The van der Waals surface area contributed by atoms with Gasteiger partial charge in [-0.1, -0.05) is 30.3 Å². The minimum absolute atomic E-state index is 0.101. The van der Waals surface area contributed by atoms with Crippen LogP contribution < -0.4 is 5.56 Å². The number of carbonyl (C=O) groups excluding carboxylic acids is 1. The van der Waals surface area contributed by atoms with Crippen molar-refractivity contribution in [2.45, 2.75) is 26.3 Å². The van der Waals surface area contributed by atoms with E-state index in [2.05, 4.69) is 14.9 Å². The zero-order valence-corrected chi connectivity index (χ0v) is 16.6. The molecule has 3 heterocycles. The lowest BCUT2D eigenvalue weighted by Crippen LogP contribution is -2.39. The second-order valence-corrected chi connectivity index (χ2v) is 8.07. The molecule has 0 spiro atoms. The Hall–Kier alpha value is -2.51. The van der Waals surface area contributed by atoms with Crippen LogP contribution in [0.25, 0.3) is 20.7 Å². The number of aromatic nitrogens is 2. The van der Waals surface area contributed by atoms with Crippen molar-refractivity contribution >= 4 is 27.5 Å². The summed E-state index contributed by atoms with van der Waals surface area (Å²) in [6.07, 6.45) is 1.79. The van der Waals surface area contributed by atoms with Gasteiger partial charge in [-0.05, 0) is 37.9 Å². The van der Waals surface area contributed by atoms with Crippen LogP contribution in [-0.4, -0.2) is 40.5 Å². The minimum Gasteiger partial charge on any atom is -0.466 e. The maximum Gasteiger partial charge on any atom is 0.310 e. The first kappa shape index (κ1) is 18.8. The van der Waals surface area contributed by atoms with Crippen molar-refractivity contribution in [1.82, 2.24) is 14.9 Å². The molecule has 0 radical (unpaired) electrons. The van der Waals surface area contributed by atoms with Gasteiger partial charge in [-0.25, -0.2) is 4.98 Å². The number of aromatic amines is 1. The first-order chi connectivity index (χ1) is 13.6. The Balaban J connectivity index is 1.54. The number of benzene rings is 1. The molecule has 1 saturated heterocycles. The third-order valence-electron chi connectivity index (χ3n) is 5.01. The number of fused-ring (bicyclic) bond motifs is 1. The van der Waals surface area contributed by atoms with Crippen LogP contribution in [0.15, 0.2) is 41.2 Å². The van der Waals surface area contributed by atoms with Crippen molar-refractivity contribution in [3.8, 4) is 10.4 Å². The number of hydrogen-bond acceptors (Lipinski definition) is 6. The lowest BCUT2D eigenvalue weighted by Gasteiger charge is -2.30. The monoisotopic (exact) mass is 397 g/mol. The Morgan fingerprint density at radius 3 is 2.96 bits per heavy atom. The average molecular weight is 398 g/mol. The summed E-state index contributed by atoms with van der Waals surface area (Å²) in [6.45, 7) is 4.29. The summed E-state index contributed by atoms with van der Waals surface area (Å²) in [7, 11) is 0. The Kier molecular flexibility index (Phi) is 5.54. The van der Waals surface area contributed by atoms with Gasteiger partial charge in [0.05, 0.1) is 24.5 Å². The molecule has 0 unspecified atom stereocenters. The number of H-pyrrole nitrogens is 1. The summed E-state index contributed by atoms with van der Waals surface area (Å²) in [5.41, 5.74) is 0.970. The van der Waals surface area contributed by atoms with Crippen LogP contribution in [0.2, 0.25) is 0 Å². The van der Waals surface area contributed by atoms with Crippen molar-refractivity contribution in [2.24, 2.45) is 5.92 Å². The maximum atomic E-state index is 12.6. The molecule has 1 aromatic carbocycles. The fourth-order valence-corrected chi connectivity index (χ4v) is 4.72. The van der Waals surface area contributed by atoms with Gasteiger partial charge in [0.15, 0.2) is 0 Å². The standard InChI is InChI=1S/C21H23N3O3S/c1-2-27-21(26)15-9-6-10-24(12-15)13-18-22-19(25)16-11-17(28-20(16)23-18)14-7-4-3-5-8-14/h3-5,7-8,11,15H,2,6,9-10,12-13H2,1H3,(H,22,23,25)/t15-/m0/s1. The number of ether oxygens (including phenoxy) is 1. The topological polar surface area (TPSA) is 75.3 Å². The summed E-state index contributed by atoms with van der Waals surface area (Å²) in [5, 5.41) is 0.621. The molecule has 1 fully saturated rings. The van der Waals surface area contributed by atoms with E-state index in [0.29, 0.717) is 30.9 Å². The summed E-state index contributed by atoms with van der Waals surface area (Å²) < 4.78 is 5.16. The van der Waals surface area contributed by atoms with Crippen LogP contribution in [0, 0.1) is 5.92 Å². The van der Waals surface area contributed by atoms with Crippen LogP contribution in [0.5, 0.6) is 0 Å². The number of nitrogens with zero attached hydrogens (tertiary/aromatic N) is 2. The highest BCUT2D eigenvalue weighted by molar-refractivity contribution is 7.21. The van der Waals surface area contributed by atoms with Gasteiger partial charge in [0.2, 0.25) is 0 Å². The van der Waals surface area contributed by atoms with Gasteiger partial charge in [-0.3, -0.25) is 14.5 Å². The Bertz CT molecular complexity index is 1030. The molecule has 6 nitrogen and oxygen atoms in total. The highest BCUT2D eigenvalue weighted by Gasteiger charge is 2.27. The van der Waals surface area contributed by atoms with Gasteiger partial charge in [0.1, 0.15) is 10.7 Å². The maximum absolute atomic E-state index is 12.6. The van der Waals surface area contributed by atoms with E-state index in [4.69, 9.17) is 4.74 Å². The molecule has 4 rings (SSSR count). The van der Waals surface area contributed by atoms with E-state index in [-0.39, 0.29) is 17.4 Å². The second-order valence-electron chi connectivity index (χ2n) is 7.03. The van der Waals surface area contributed by atoms with Crippen LogP contribution in [0.1, 0.15) is 25.6 Å². The van der Waals surface area contributed by atoms with E-state index >= 15 is 0 Å². The van der Waals surface area contributed by atoms with Crippen molar-refractivity contribution in [3.05, 3.63) is 52.6 Å². The average Bonchev–Trinajstić information content (AvgIpc) is 3.14. The normalized spacial score (nSPS) is 17.7. The number of carbonyl (C=O) groups is 1. The number of piperidine rings is 1. The Morgan fingerprint density at radius 1 is 1.36 bits per heavy atom. The second kappa shape index (κ2) is 8.24. The highest BCUT2D eigenvalue weighted by atomic mass is 32.1. The molecule has 3 aromatic rings. The predicted octanol–water partition coefficient (Wildman–Crippen LogP) is 3.43. The smallest absolute Gasteiger partial charge is 0.310 e.